The van der Waals surface area contributed by atoms with Gasteiger partial charge in [0.15, 0.2) is 0 Å². The Bertz CT molecular complexity index is 161. The van der Waals surface area contributed by atoms with Gasteiger partial charge in [0.05, 0.1) is 6.54 Å². The Labute approximate surface area is 72.6 Å². The summed E-state index contributed by atoms with van der Waals surface area (Å²) in [5.41, 5.74) is 0. The first-order valence-corrected chi connectivity index (χ1v) is 4.33. The predicted octanol–water partition coefficient (Wildman–Crippen LogP) is -0.245. The molecule has 0 unspecified atom stereocenters. The molecule has 1 heterocycles. The van der Waals surface area contributed by atoms with Crippen LogP contribution in [0, 0.1) is 0 Å². The Morgan fingerprint density at radius 3 is 3.00 bits per heavy atom. The number of hydrogen-bond donors (Lipinski definition) is 2. The van der Waals surface area contributed by atoms with Crippen molar-refractivity contribution in [2.24, 2.45) is 0 Å². The number of likely N-dealkylation sites (N-methyl/N-ethyl adjacent to an activating group) is 1. The van der Waals surface area contributed by atoms with E-state index in [1.54, 1.807) is 0 Å². The summed E-state index contributed by atoms with van der Waals surface area (Å²) in [5, 5.41) is 11.3. The van der Waals surface area contributed by atoms with Gasteiger partial charge >= 0.3 is 5.97 Å². The van der Waals surface area contributed by atoms with Gasteiger partial charge in [-0.15, -0.1) is 0 Å². The van der Waals surface area contributed by atoms with E-state index in [-0.39, 0.29) is 6.54 Å². The van der Waals surface area contributed by atoms with Crippen molar-refractivity contribution >= 4 is 5.97 Å². The zero-order chi connectivity index (χ0) is 8.97. The van der Waals surface area contributed by atoms with Gasteiger partial charge in [0, 0.05) is 12.6 Å². The van der Waals surface area contributed by atoms with Gasteiger partial charge in [-0.1, -0.05) is 0 Å². The summed E-state index contributed by atoms with van der Waals surface area (Å²) in [7, 11) is 2.08. The fraction of sp³-hybridized carbons (Fsp3) is 0.875. The van der Waals surface area contributed by atoms with Gasteiger partial charge in [-0.3, -0.25) is 4.79 Å². The molecule has 1 aliphatic heterocycles. The standard InChI is InChI=1S/C8H16N2O2/c1-10-4-2-3-7(10)5-9-6-8(11)12/h7,9H,2-6H2,1H3,(H,11,12)/t7-/m1/s1. The lowest BCUT2D eigenvalue weighted by Crippen LogP contribution is -2.37. The first-order valence-electron chi connectivity index (χ1n) is 4.33. The Morgan fingerprint density at radius 2 is 2.50 bits per heavy atom. The minimum absolute atomic E-state index is 0.0737. The van der Waals surface area contributed by atoms with Crippen LogP contribution in [-0.2, 0) is 4.79 Å². The van der Waals surface area contributed by atoms with Crippen LogP contribution in [0.2, 0.25) is 0 Å². The van der Waals surface area contributed by atoms with E-state index in [0.29, 0.717) is 6.04 Å². The number of aliphatic carboxylic acids is 1. The van der Waals surface area contributed by atoms with Crippen LogP contribution in [-0.4, -0.2) is 48.7 Å². The Hall–Kier alpha value is -0.610. The van der Waals surface area contributed by atoms with Crippen LogP contribution >= 0.6 is 0 Å². The van der Waals surface area contributed by atoms with Crippen LogP contribution in [0.25, 0.3) is 0 Å². The van der Waals surface area contributed by atoms with Crippen molar-refractivity contribution in [2.45, 2.75) is 18.9 Å². The molecule has 12 heavy (non-hydrogen) atoms. The molecule has 0 aromatic carbocycles. The minimum Gasteiger partial charge on any atom is -0.480 e. The lowest BCUT2D eigenvalue weighted by molar-refractivity contribution is -0.136. The molecule has 0 aromatic rings. The summed E-state index contributed by atoms with van der Waals surface area (Å²) in [6.45, 7) is 2.01. The number of carbonyl (C=O) groups is 1. The Morgan fingerprint density at radius 1 is 1.75 bits per heavy atom. The molecule has 0 bridgehead atoms. The van der Waals surface area contributed by atoms with Crippen LogP contribution in [0.3, 0.4) is 0 Å². The monoisotopic (exact) mass is 172 g/mol. The van der Waals surface area contributed by atoms with E-state index >= 15 is 0 Å². The van der Waals surface area contributed by atoms with E-state index < -0.39 is 5.97 Å². The summed E-state index contributed by atoms with van der Waals surface area (Å²) < 4.78 is 0. The van der Waals surface area contributed by atoms with E-state index in [0.717, 1.165) is 13.1 Å². The molecule has 4 heteroatoms. The van der Waals surface area contributed by atoms with Gasteiger partial charge in [0.1, 0.15) is 0 Å². The minimum atomic E-state index is -0.782. The lowest BCUT2D eigenvalue weighted by atomic mass is 10.2. The van der Waals surface area contributed by atoms with Crippen LogP contribution in [0.1, 0.15) is 12.8 Å². The molecule has 1 fully saturated rings. The maximum Gasteiger partial charge on any atom is 0.317 e. The normalized spacial score (nSPS) is 24.6. The second kappa shape index (κ2) is 4.42. The van der Waals surface area contributed by atoms with Gasteiger partial charge in [0.2, 0.25) is 0 Å². The van der Waals surface area contributed by atoms with Crippen molar-refractivity contribution in [3.8, 4) is 0 Å². The van der Waals surface area contributed by atoms with Crippen molar-refractivity contribution in [1.29, 1.82) is 0 Å². The van der Waals surface area contributed by atoms with Crippen LogP contribution in [0.5, 0.6) is 0 Å². The molecule has 4 nitrogen and oxygen atoms in total. The molecule has 1 saturated heterocycles. The average Bonchev–Trinajstić information content (AvgIpc) is 2.36. The van der Waals surface area contributed by atoms with Crippen LogP contribution in [0.15, 0.2) is 0 Å². The number of hydrogen-bond acceptors (Lipinski definition) is 3. The first-order chi connectivity index (χ1) is 5.70. The molecule has 0 radical (unpaired) electrons. The summed E-state index contributed by atoms with van der Waals surface area (Å²) in [5.74, 6) is -0.782. The third kappa shape index (κ3) is 2.79. The summed E-state index contributed by atoms with van der Waals surface area (Å²) in [6.07, 6.45) is 2.42. The van der Waals surface area contributed by atoms with Crippen molar-refractivity contribution in [3.05, 3.63) is 0 Å². The first kappa shape index (κ1) is 9.48. The number of carboxylic acid groups (broad SMARTS) is 1. The smallest absolute Gasteiger partial charge is 0.317 e. The third-order valence-corrected chi connectivity index (χ3v) is 2.33. The topological polar surface area (TPSA) is 52.6 Å². The van der Waals surface area contributed by atoms with Gasteiger partial charge in [-0.05, 0) is 26.4 Å². The molecule has 1 aliphatic rings. The van der Waals surface area contributed by atoms with Gasteiger partial charge in [0.25, 0.3) is 0 Å². The summed E-state index contributed by atoms with van der Waals surface area (Å²) in [4.78, 5) is 12.5. The molecular weight excluding hydrogens is 156 g/mol. The third-order valence-electron chi connectivity index (χ3n) is 2.33. The van der Waals surface area contributed by atoms with E-state index in [1.807, 2.05) is 0 Å². The maximum absolute atomic E-state index is 10.2. The number of rotatable bonds is 4. The van der Waals surface area contributed by atoms with Crippen molar-refractivity contribution in [1.82, 2.24) is 10.2 Å². The molecule has 1 rings (SSSR count). The van der Waals surface area contributed by atoms with E-state index in [1.165, 1.54) is 12.8 Å². The van der Waals surface area contributed by atoms with Crippen LogP contribution < -0.4 is 5.32 Å². The quantitative estimate of drug-likeness (QED) is 0.614. The summed E-state index contributed by atoms with van der Waals surface area (Å²) in [6, 6.07) is 0.532. The number of carboxylic acids is 1. The molecular formula is C8H16N2O2. The van der Waals surface area contributed by atoms with Crippen molar-refractivity contribution in [3.63, 3.8) is 0 Å². The molecule has 0 amide bonds. The Kier molecular flexibility index (Phi) is 3.49. The second-order valence-corrected chi connectivity index (χ2v) is 3.30. The number of nitrogens with zero attached hydrogens (tertiary/aromatic N) is 1. The SMILES string of the molecule is CN1CCC[C@@H]1CNCC(=O)O. The van der Waals surface area contributed by atoms with Crippen molar-refractivity contribution in [2.75, 3.05) is 26.7 Å². The molecule has 0 saturated carbocycles. The van der Waals surface area contributed by atoms with Crippen LogP contribution in [0.4, 0.5) is 0 Å². The van der Waals surface area contributed by atoms with E-state index in [2.05, 4.69) is 17.3 Å². The Balaban J connectivity index is 2.10. The highest BCUT2D eigenvalue weighted by atomic mass is 16.4. The fourth-order valence-corrected chi connectivity index (χ4v) is 1.58. The second-order valence-electron chi connectivity index (χ2n) is 3.30. The highest BCUT2D eigenvalue weighted by Crippen LogP contribution is 2.13. The highest BCUT2D eigenvalue weighted by molar-refractivity contribution is 5.68. The maximum atomic E-state index is 10.2. The molecule has 1 atom stereocenters. The highest BCUT2D eigenvalue weighted by Gasteiger charge is 2.19. The molecule has 0 aliphatic carbocycles. The number of nitrogens with one attached hydrogen (secondary N) is 1. The zero-order valence-electron chi connectivity index (χ0n) is 7.42. The fourth-order valence-electron chi connectivity index (χ4n) is 1.58. The van der Waals surface area contributed by atoms with Crippen molar-refractivity contribution < 1.29 is 9.90 Å². The molecule has 0 spiro atoms. The van der Waals surface area contributed by atoms with Gasteiger partial charge in [-0.2, -0.15) is 0 Å². The largest absolute Gasteiger partial charge is 0.480 e. The number of likely N-dealkylation sites (tertiary alicyclic amines) is 1. The molecule has 0 aromatic heterocycles. The van der Waals surface area contributed by atoms with E-state index in [9.17, 15) is 4.79 Å². The molecule has 2 N–H and O–H groups in total. The van der Waals surface area contributed by atoms with Gasteiger partial charge in [-0.25, -0.2) is 0 Å². The zero-order valence-corrected chi connectivity index (χ0v) is 7.42. The molecule has 70 valence electrons. The average molecular weight is 172 g/mol. The van der Waals surface area contributed by atoms with Gasteiger partial charge < -0.3 is 15.3 Å². The lowest BCUT2D eigenvalue weighted by Gasteiger charge is -2.18. The van der Waals surface area contributed by atoms with E-state index in [4.69, 9.17) is 5.11 Å². The summed E-state index contributed by atoms with van der Waals surface area (Å²) >= 11 is 0. The predicted molar refractivity (Wildman–Crippen MR) is 46.2 cm³/mol.